The molecule has 3 rings (SSSR count). The fourth-order valence-corrected chi connectivity index (χ4v) is 3.12. The summed E-state index contributed by atoms with van der Waals surface area (Å²) in [6, 6.07) is 0.710. The van der Waals surface area contributed by atoms with E-state index in [4.69, 9.17) is 5.73 Å². The van der Waals surface area contributed by atoms with Crippen molar-refractivity contribution in [1.29, 1.82) is 0 Å². The van der Waals surface area contributed by atoms with Gasteiger partial charge in [-0.25, -0.2) is 0 Å². The first-order chi connectivity index (χ1) is 7.19. The molecule has 1 aliphatic heterocycles. The van der Waals surface area contributed by atoms with Gasteiger partial charge in [0.1, 0.15) is 0 Å². The average Bonchev–Trinajstić information content (AvgIpc) is 2.89. The monoisotopic (exact) mass is 207 g/mol. The molecule has 2 saturated carbocycles. The molecule has 0 aromatic heterocycles. The minimum Gasteiger partial charge on any atom is -0.370 e. The van der Waals surface area contributed by atoms with Crippen LogP contribution in [-0.4, -0.2) is 29.0 Å². The highest BCUT2D eigenvalue weighted by atomic mass is 15.4. The zero-order valence-corrected chi connectivity index (χ0v) is 9.58. The maximum absolute atomic E-state index is 6.01. The number of nitrogens with two attached hydrogens (primary N) is 1. The zero-order valence-electron chi connectivity index (χ0n) is 9.58. The van der Waals surface area contributed by atoms with Crippen LogP contribution in [0.2, 0.25) is 0 Å². The SMILES string of the molecule is CC1(CC2CCC2)CN=C(N)N1C1CC1. The quantitative estimate of drug-likeness (QED) is 0.765. The molecule has 3 aliphatic rings. The fraction of sp³-hybridized carbons (Fsp3) is 0.917. The molecule has 3 nitrogen and oxygen atoms in total. The second-order valence-electron chi connectivity index (χ2n) is 5.77. The minimum absolute atomic E-state index is 0.246. The average molecular weight is 207 g/mol. The van der Waals surface area contributed by atoms with Crippen LogP contribution in [0.5, 0.6) is 0 Å². The topological polar surface area (TPSA) is 41.6 Å². The van der Waals surface area contributed by atoms with E-state index in [9.17, 15) is 0 Å². The summed E-state index contributed by atoms with van der Waals surface area (Å²) in [6.07, 6.45) is 8.21. The van der Waals surface area contributed by atoms with Gasteiger partial charge in [0.15, 0.2) is 5.96 Å². The second kappa shape index (κ2) is 3.13. The maximum atomic E-state index is 6.01. The Morgan fingerprint density at radius 1 is 1.40 bits per heavy atom. The van der Waals surface area contributed by atoms with E-state index in [-0.39, 0.29) is 5.54 Å². The molecule has 2 aliphatic carbocycles. The van der Waals surface area contributed by atoms with Crippen LogP contribution < -0.4 is 5.73 Å². The Morgan fingerprint density at radius 3 is 2.67 bits per heavy atom. The van der Waals surface area contributed by atoms with Gasteiger partial charge in [-0.3, -0.25) is 4.99 Å². The van der Waals surface area contributed by atoms with Crippen LogP contribution in [0.4, 0.5) is 0 Å². The first kappa shape index (κ1) is 9.49. The first-order valence-corrected chi connectivity index (χ1v) is 6.28. The maximum Gasteiger partial charge on any atom is 0.192 e. The molecule has 2 fully saturated rings. The molecule has 0 aromatic rings. The van der Waals surface area contributed by atoms with E-state index in [0.29, 0.717) is 6.04 Å². The number of hydrogen-bond acceptors (Lipinski definition) is 3. The second-order valence-corrected chi connectivity index (χ2v) is 5.77. The highest BCUT2D eigenvalue weighted by molar-refractivity contribution is 5.81. The first-order valence-electron chi connectivity index (χ1n) is 6.28. The molecule has 1 heterocycles. The van der Waals surface area contributed by atoms with Gasteiger partial charge in [-0.1, -0.05) is 19.3 Å². The van der Waals surface area contributed by atoms with Gasteiger partial charge in [0.05, 0.1) is 12.1 Å². The molecule has 0 spiro atoms. The Bertz CT molecular complexity index is 291. The van der Waals surface area contributed by atoms with E-state index in [0.717, 1.165) is 18.4 Å². The lowest BCUT2D eigenvalue weighted by molar-refractivity contribution is 0.137. The van der Waals surface area contributed by atoms with E-state index in [1.807, 2.05) is 0 Å². The largest absolute Gasteiger partial charge is 0.370 e. The van der Waals surface area contributed by atoms with E-state index < -0.39 is 0 Å². The summed E-state index contributed by atoms with van der Waals surface area (Å²) >= 11 is 0. The van der Waals surface area contributed by atoms with Crippen LogP contribution in [0, 0.1) is 5.92 Å². The lowest BCUT2D eigenvalue weighted by Crippen LogP contribution is -2.52. The van der Waals surface area contributed by atoms with Gasteiger partial charge in [0, 0.05) is 6.04 Å². The predicted octanol–water partition coefficient (Wildman–Crippen LogP) is 1.73. The van der Waals surface area contributed by atoms with Crippen molar-refractivity contribution in [2.24, 2.45) is 16.6 Å². The van der Waals surface area contributed by atoms with Crippen molar-refractivity contribution in [1.82, 2.24) is 4.90 Å². The molecule has 1 atom stereocenters. The molecule has 0 amide bonds. The summed E-state index contributed by atoms with van der Waals surface area (Å²) in [6.45, 7) is 3.28. The summed E-state index contributed by atoms with van der Waals surface area (Å²) in [5, 5.41) is 0. The van der Waals surface area contributed by atoms with E-state index in [1.165, 1.54) is 38.5 Å². The summed E-state index contributed by atoms with van der Waals surface area (Å²) in [7, 11) is 0. The van der Waals surface area contributed by atoms with Gasteiger partial charge in [-0.05, 0) is 32.1 Å². The Balaban J connectivity index is 1.72. The molecule has 15 heavy (non-hydrogen) atoms. The molecule has 84 valence electrons. The number of guanidine groups is 1. The van der Waals surface area contributed by atoms with Crippen molar-refractivity contribution < 1.29 is 0 Å². The predicted molar refractivity (Wildman–Crippen MR) is 61.7 cm³/mol. The summed E-state index contributed by atoms with van der Waals surface area (Å²) in [5.74, 6) is 1.75. The molecule has 2 N–H and O–H groups in total. The Kier molecular flexibility index (Phi) is 1.98. The molecule has 3 heteroatoms. The Labute approximate surface area is 91.7 Å². The van der Waals surface area contributed by atoms with Crippen LogP contribution in [0.25, 0.3) is 0 Å². The third-order valence-electron chi connectivity index (χ3n) is 4.28. The van der Waals surface area contributed by atoms with E-state index in [2.05, 4.69) is 16.8 Å². The fourth-order valence-electron chi connectivity index (χ4n) is 3.12. The van der Waals surface area contributed by atoms with Crippen LogP contribution in [0.3, 0.4) is 0 Å². The van der Waals surface area contributed by atoms with Crippen molar-refractivity contribution in [3.63, 3.8) is 0 Å². The molecular weight excluding hydrogens is 186 g/mol. The van der Waals surface area contributed by atoms with Gasteiger partial charge in [0.2, 0.25) is 0 Å². The molecule has 1 unspecified atom stereocenters. The third kappa shape index (κ3) is 1.52. The lowest BCUT2D eigenvalue weighted by atomic mass is 9.76. The van der Waals surface area contributed by atoms with Gasteiger partial charge in [-0.15, -0.1) is 0 Å². The van der Waals surface area contributed by atoms with Crippen molar-refractivity contribution >= 4 is 5.96 Å². The standard InChI is InChI=1S/C12H21N3/c1-12(7-9-3-2-4-9)8-14-11(13)15(12)10-5-6-10/h9-10H,2-8H2,1H3,(H2,13,14). The zero-order chi connectivity index (χ0) is 10.5. The molecule has 0 saturated heterocycles. The smallest absolute Gasteiger partial charge is 0.192 e. The highest BCUT2D eigenvalue weighted by Crippen LogP contribution is 2.42. The van der Waals surface area contributed by atoms with Crippen LogP contribution >= 0.6 is 0 Å². The molecule has 0 radical (unpaired) electrons. The van der Waals surface area contributed by atoms with Crippen molar-refractivity contribution in [2.75, 3.05) is 6.54 Å². The third-order valence-corrected chi connectivity index (χ3v) is 4.28. The van der Waals surface area contributed by atoms with Gasteiger partial charge in [0.25, 0.3) is 0 Å². The number of rotatable bonds is 3. The number of aliphatic imine (C=N–C) groups is 1. The highest BCUT2D eigenvalue weighted by Gasteiger charge is 2.47. The van der Waals surface area contributed by atoms with Crippen molar-refractivity contribution in [3.05, 3.63) is 0 Å². The summed E-state index contributed by atoms with van der Waals surface area (Å²) in [4.78, 5) is 6.89. The van der Waals surface area contributed by atoms with Crippen LogP contribution in [-0.2, 0) is 0 Å². The van der Waals surface area contributed by atoms with Gasteiger partial charge in [-0.2, -0.15) is 0 Å². The molecular formula is C12H21N3. The lowest BCUT2D eigenvalue weighted by Gasteiger charge is -2.41. The normalized spacial score (nSPS) is 36.6. The number of nitrogens with zero attached hydrogens (tertiary/aromatic N) is 2. The van der Waals surface area contributed by atoms with E-state index in [1.54, 1.807) is 0 Å². The Hall–Kier alpha value is -0.730. The molecule has 0 aromatic carbocycles. The minimum atomic E-state index is 0.246. The van der Waals surface area contributed by atoms with Crippen molar-refractivity contribution in [2.45, 2.75) is 57.0 Å². The van der Waals surface area contributed by atoms with Crippen LogP contribution in [0.1, 0.15) is 45.4 Å². The molecule has 0 bridgehead atoms. The summed E-state index contributed by atoms with van der Waals surface area (Å²) < 4.78 is 0. The van der Waals surface area contributed by atoms with Gasteiger partial charge < -0.3 is 10.6 Å². The van der Waals surface area contributed by atoms with Gasteiger partial charge >= 0.3 is 0 Å². The summed E-state index contributed by atoms with van der Waals surface area (Å²) in [5.41, 5.74) is 6.25. The number of hydrogen-bond donors (Lipinski definition) is 1. The van der Waals surface area contributed by atoms with Crippen LogP contribution in [0.15, 0.2) is 4.99 Å². The van der Waals surface area contributed by atoms with E-state index >= 15 is 0 Å². The van der Waals surface area contributed by atoms with Crippen molar-refractivity contribution in [3.8, 4) is 0 Å². The Morgan fingerprint density at radius 2 is 2.13 bits per heavy atom.